The average Bonchev–Trinajstić information content (AvgIpc) is 3.62. The van der Waals surface area contributed by atoms with E-state index in [1.165, 1.54) is 35.5 Å². The third-order valence-electron chi connectivity index (χ3n) is 8.47. The van der Waals surface area contributed by atoms with Crippen molar-refractivity contribution in [2.45, 2.75) is 63.2 Å². The molecule has 4 aromatic heterocycles. The Labute approximate surface area is 263 Å². The quantitative estimate of drug-likeness (QED) is 0.259. The van der Waals surface area contributed by atoms with Crippen LogP contribution in [0.1, 0.15) is 71.8 Å². The van der Waals surface area contributed by atoms with Crippen LogP contribution in [0.25, 0.3) is 0 Å². The van der Waals surface area contributed by atoms with Gasteiger partial charge in [0.2, 0.25) is 22.1 Å². The van der Waals surface area contributed by atoms with E-state index < -0.39 is 0 Å². The first-order valence-corrected chi connectivity index (χ1v) is 16.9. The highest BCUT2D eigenvalue weighted by Crippen LogP contribution is 2.43. The topological polar surface area (TPSA) is 142 Å². The SMILES string of the molecule is O=C(Cc1cc(N2CCC2)ccn1)Nc1nnc([C@H]2CCC[C@H](c3nnc(NC(=O)Cc4cc(N5CCC5)ccn4)s3)C2)s1. The lowest BCUT2D eigenvalue weighted by molar-refractivity contribution is -0.116. The number of pyridine rings is 2. The molecular weight excluding hydrogens is 597 g/mol. The molecule has 0 spiro atoms. The van der Waals surface area contributed by atoms with Crippen LogP contribution in [-0.4, -0.2) is 68.4 Å². The fourth-order valence-corrected chi connectivity index (χ4v) is 7.67. The van der Waals surface area contributed by atoms with E-state index in [0.29, 0.717) is 10.3 Å². The number of nitrogens with zero attached hydrogens (tertiary/aromatic N) is 8. The molecule has 1 aliphatic carbocycles. The molecule has 2 saturated heterocycles. The van der Waals surface area contributed by atoms with Gasteiger partial charge in [0.15, 0.2) is 0 Å². The summed E-state index contributed by atoms with van der Waals surface area (Å²) in [7, 11) is 0. The summed E-state index contributed by atoms with van der Waals surface area (Å²) in [4.78, 5) is 38.8. The number of carbonyl (C=O) groups excluding carboxylic acids is 2. The highest BCUT2D eigenvalue weighted by molar-refractivity contribution is 7.15. The van der Waals surface area contributed by atoms with E-state index in [4.69, 9.17) is 0 Å². The van der Waals surface area contributed by atoms with Crippen LogP contribution in [0.15, 0.2) is 36.7 Å². The molecule has 2 atom stereocenters. The molecule has 4 aromatic rings. The number of nitrogens with one attached hydrogen (secondary N) is 2. The number of anilines is 4. The van der Waals surface area contributed by atoms with Gasteiger partial charge in [-0.1, -0.05) is 29.1 Å². The minimum Gasteiger partial charge on any atom is -0.371 e. The van der Waals surface area contributed by atoms with Crippen LogP contribution in [-0.2, 0) is 22.4 Å². The first-order valence-electron chi connectivity index (χ1n) is 15.2. The highest BCUT2D eigenvalue weighted by Gasteiger charge is 2.29. The molecule has 44 heavy (non-hydrogen) atoms. The zero-order valence-electron chi connectivity index (χ0n) is 24.3. The summed E-state index contributed by atoms with van der Waals surface area (Å²) in [5.41, 5.74) is 3.72. The van der Waals surface area contributed by atoms with E-state index in [1.807, 2.05) is 24.3 Å². The largest absolute Gasteiger partial charge is 0.371 e. The van der Waals surface area contributed by atoms with Gasteiger partial charge in [-0.05, 0) is 56.4 Å². The van der Waals surface area contributed by atoms with Gasteiger partial charge in [0.25, 0.3) is 0 Å². The highest BCUT2D eigenvalue weighted by atomic mass is 32.1. The molecule has 12 nitrogen and oxygen atoms in total. The molecule has 2 N–H and O–H groups in total. The fraction of sp³-hybridized carbons (Fsp3) is 0.467. The Kier molecular flexibility index (Phi) is 8.42. The second kappa shape index (κ2) is 12.9. The van der Waals surface area contributed by atoms with Gasteiger partial charge in [-0.15, -0.1) is 20.4 Å². The van der Waals surface area contributed by atoms with E-state index in [1.54, 1.807) is 12.4 Å². The summed E-state index contributed by atoms with van der Waals surface area (Å²) < 4.78 is 0. The molecule has 228 valence electrons. The average molecular weight is 631 g/mol. The van der Waals surface area contributed by atoms with E-state index in [0.717, 1.165) is 84.6 Å². The predicted molar refractivity (Wildman–Crippen MR) is 171 cm³/mol. The first kappa shape index (κ1) is 28.7. The van der Waals surface area contributed by atoms with Gasteiger partial charge in [0.05, 0.1) is 24.2 Å². The molecule has 3 fully saturated rings. The normalized spacial score (nSPS) is 19.6. The predicted octanol–water partition coefficient (Wildman–Crippen LogP) is 4.40. The maximum absolute atomic E-state index is 12.7. The van der Waals surface area contributed by atoms with Crippen molar-refractivity contribution in [3.8, 4) is 0 Å². The molecular formula is C30H34N10O2S2. The van der Waals surface area contributed by atoms with Crippen molar-refractivity contribution in [1.82, 2.24) is 30.4 Å². The minimum atomic E-state index is -0.148. The van der Waals surface area contributed by atoms with Gasteiger partial charge in [0, 0.05) is 61.8 Å². The smallest absolute Gasteiger partial charge is 0.232 e. The third kappa shape index (κ3) is 6.70. The van der Waals surface area contributed by atoms with Gasteiger partial charge < -0.3 is 20.4 Å². The van der Waals surface area contributed by atoms with Crippen LogP contribution in [0, 0.1) is 0 Å². The molecule has 2 aliphatic heterocycles. The molecule has 14 heteroatoms. The van der Waals surface area contributed by atoms with E-state index in [9.17, 15) is 9.59 Å². The number of rotatable bonds is 10. The fourth-order valence-electron chi connectivity index (χ4n) is 5.86. The second-order valence-corrected chi connectivity index (χ2v) is 13.6. The lowest BCUT2D eigenvalue weighted by Gasteiger charge is -2.33. The van der Waals surface area contributed by atoms with E-state index in [-0.39, 0.29) is 36.5 Å². The Morgan fingerprint density at radius 1 is 0.705 bits per heavy atom. The lowest BCUT2D eigenvalue weighted by Crippen LogP contribution is -2.37. The molecule has 3 aliphatic rings. The summed E-state index contributed by atoms with van der Waals surface area (Å²) in [6, 6.07) is 7.95. The molecule has 0 bridgehead atoms. The van der Waals surface area contributed by atoms with Crippen LogP contribution in [0.3, 0.4) is 0 Å². The van der Waals surface area contributed by atoms with Crippen molar-refractivity contribution in [2.24, 2.45) is 0 Å². The summed E-state index contributed by atoms with van der Waals surface area (Å²) >= 11 is 2.87. The van der Waals surface area contributed by atoms with Crippen molar-refractivity contribution in [1.29, 1.82) is 0 Å². The van der Waals surface area contributed by atoms with Crippen molar-refractivity contribution in [3.05, 3.63) is 58.1 Å². The lowest BCUT2D eigenvalue weighted by atomic mass is 9.82. The molecule has 6 heterocycles. The minimum absolute atomic E-state index is 0.148. The molecule has 2 amide bonds. The van der Waals surface area contributed by atoms with Crippen LogP contribution >= 0.6 is 22.7 Å². The Bertz CT molecular complexity index is 1520. The van der Waals surface area contributed by atoms with Gasteiger partial charge >= 0.3 is 0 Å². The molecule has 0 radical (unpaired) electrons. The Morgan fingerprint density at radius 2 is 1.18 bits per heavy atom. The standard InChI is InChI=1S/C30H34N10O2S2/c41-25(17-21-15-23(6-8-31-21)39-10-2-11-39)33-29-37-35-27(43-29)19-4-1-5-20(14-19)28-36-38-30(44-28)34-26(42)18-22-16-24(7-9-32-22)40-12-3-13-40/h6-9,15-16,19-20H,1-5,10-14,17-18H2,(H,33,37,41)(H,34,38,42)/t19-,20-/m0/s1. The van der Waals surface area contributed by atoms with Gasteiger partial charge in [0.1, 0.15) is 10.0 Å². The van der Waals surface area contributed by atoms with Crippen LogP contribution in [0.4, 0.5) is 21.6 Å². The van der Waals surface area contributed by atoms with E-state index >= 15 is 0 Å². The van der Waals surface area contributed by atoms with Gasteiger partial charge in [-0.2, -0.15) is 0 Å². The molecule has 1 saturated carbocycles. The van der Waals surface area contributed by atoms with Crippen molar-refractivity contribution >= 4 is 56.1 Å². The summed E-state index contributed by atoms with van der Waals surface area (Å²) in [5, 5.41) is 26.1. The van der Waals surface area contributed by atoms with Crippen molar-refractivity contribution < 1.29 is 9.59 Å². The van der Waals surface area contributed by atoms with Crippen LogP contribution in [0.2, 0.25) is 0 Å². The molecule has 0 aromatic carbocycles. The third-order valence-corrected chi connectivity index (χ3v) is 10.5. The number of hydrogen-bond acceptors (Lipinski definition) is 12. The van der Waals surface area contributed by atoms with Crippen LogP contribution in [0.5, 0.6) is 0 Å². The zero-order valence-corrected chi connectivity index (χ0v) is 25.9. The molecule has 0 unspecified atom stereocenters. The summed E-state index contributed by atoms with van der Waals surface area (Å²) in [6.45, 7) is 4.20. The number of aromatic nitrogens is 6. The van der Waals surface area contributed by atoms with Gasteiger partial charge in [-0.25, -0.2) is 0 Å². The van der Waals surface area contributed by atoms with E-state index in [2.05, 4.69) is 50.8 Å². The maximum Gasteiger partial charge on any atom is 0.232 e. The Hall–Kier alpha value is -4.04. The van der Waals surface area contributed by atoms with Crippen LogP contribution < -0.4 is 20.4 Å². The number of hydrogen-bond donors (Lipinski definition) is 2. The second-order valence-electron chi connectivity index (χ2n) is 11.6. The Balaban J connectivity index is 0.913. The number of amides is 2. The number of carbonyl (C=O) groups is 2. The first-order chi connectivity index (χ1) is 21.6. The molecule has 7 rings (SSSR count). The summed E-state index contributed by atoms with van der Waals surface area (Å²) in [5.74, 6) is 0.174. The summed E-state index contributed by atoms with van der Waals surface area (Å²) in [6.07, 6.45) is 10.3. The Morgan fingerprint density at radius 3 is 1.61 bits per heavy atom. The zero-order chi connectivity index (χ0) is 29.9. The monoisotopic (exact) mass is 630 g/mol. The van der Waals surface area contributed by atoms with Gasteiger partial charge in [-0.3, -0.25) is 19.6 Å². The van der Waals surface area contributed by atoms with Crippen molar-refractivity contribution in [3.63, 3.8) is 0 Å². The maximum atomic E-state index is 12.7. The van der Waals surface area contributed by atoms with Crippen molar-refractivity contribution in [2.75, 3.05) is 46.6 Å².